The molecule has 0 saturated heterocycles. The molecule has 0 amide bonds. The van der Waals surface area contributed by atoms with Gasteiger partial charge in [0.2, 0.25) is 0 Å². The minimum absolute atomic E-state index is 0.766. The summed E-state index contributed by atoms with van der Waals surface area (Å²) in [5, 5.41) is 43.6. The lowest BCUT2D eigenvalue weighted by molar-refractivity contribution is 1.22. The molecule has 0 aliphatic rings. The maximum atomic E-state index is 10.5. The third-order valence-electron chi connectivity index (χ3n) is 15.3. The summed E-state index contributed by atoms with van der Waals surface area (Å²) in [6.07, 6.45) is 0. The second-order valence-corrected chi connectivity index (χ2v) is 17.9. The van der Waals surface area contributed by atoms with E-state index < -0.39 is 0 Å². The van der Waals surface area contributed by atoms with Crippen LogP contribution in [0.25, 0.3) is 119 Å². The minimum Gasteiger partial charge on any atom is -0.192 e. The molecule has 2 nitrogen and oxygen atoms in total. The number of fused-ring (bicyclic) bond motifs is 11. The highest BCUT2D eigenvalue weighted by molar-refractivity contribution is 6.44. The van der Waals surface area contributed by atoms with Gasteiger partial charge in [0, 0.05) is 0 Å². The maximum absolute atomic E-state index is 10.5. The van der Waals surface area contributed by atoms with E-state index in [1.54, 1.807) is 0 Å². The number of hydrogen-bond donors (Lipinski definition) is 0. The first-order valence-corrected chi connectivity index (χ1v) is 21.6. The SMILES string of the molecule is Cc1c(C)c(-c2c3cc4c(cc3c(-c3c(C)c(C)c(C#N)c(C)c3C)c3c5cc6ccccc6c6cccc(c23)c65)c2cc3ccccc3c3cccc4c32)c(C)c(C)c1C#N. The Hall–Kier alpha value is -7.52. The molecule has 12 rings (SSSR count). The van der Waals surface area contributed by atoms with E-state index in [0.717, 1.165) is 55.6 Å². The maximum Gasteiger partial charge on any atom is 0.0997 e. The average Bonchev–Trinajstić information content (AvgIpc) is 3.78. The highest BCUT2D eigenvalue weighted by atomic mass is 14.3. The lowest BCUT2D eigenvalue weighted by Crippen LogP contribution is -2.03. The van der Waals surface area contributed by atoms with Gasteiger partial charge in [-0.1, -0.05) is 84.9 Å². The van der Waals surface area contributed by atoms with Crippen LogP contribution in [0.5, 0.6) is 0 Å². The quantitative estimate of drug-likeness (QED) is 0.164. The standard InChI is InChI=1S/C60H42N2/c1-29-33(5)53(34(6)30(2)51(29)27-61)58-48-25-45-43-21-13-19-41-39-17-11-9-15-37(39)23-47(55(41)43)46(45)26-49(48)59(54-35(7)31(3)52(28-62)32(4)36(54)8)60-50-24-38-16-10-12-18-40(38)42-20-14-22-44(56(42)50)57(58)60/h9-26H,1-8H3. The molecule has 12 aromatic carbocycles. The van der Waals surface area contributed by atoms with Crippen LogP contribution in [0, 0.1) is 78.1 Å². The van der Waals surface area contributed by atoms with Gasteiger partial charge in [-0.2, -0.15) is 10.5 Å². The third kappa shape index (κ3) is 4.37. The first kappa shape index (κ1) is 36.3. The average molecular weight is 791 g/mol. The largest absolute Gasteiger partial charge is 0.192 e. The van der Waals surface area contributed by atoms with Crippen molar-refractivity contribution < 1.29 is 0 Å². The van der Waals surface area contributed by atoms with Crippen molar-refractivity contribution in [3.8, 4) is 34.4 Å². The number of nitrogens with zero attached hydrogens (tertiary/aromatic N) is 2. The Morgan fingerprint density at radius 3 is 1.10 bits per heavy atom. The number of benzene rings is 10. The summed E-state index contributed by atoms with van der Waals surface area (Å²) in [5.74, 6) is 0. The van der Waals surface area contributed by atoms with E-state index in [-0.39, 0.29) is 0 Å². The number of rotatable bonds is 2. The van der Waals surface area contributed by atoms with E-state index in [2.05, 4.69) is 177 Å². The van der Waals surface area contributed by atoms with Crippen LogP contribution in [0.15, 0.2) is 109 Å². The third-order valence-corrected chi connectivity index (χ3v) is 15.3. The zero-order chi connectivity index (χ0) is 42.6. The van der Waals surface area contributed by atoms with Crippen LogP contribution in [0.3, 0.4) is 0 Å². The molecule has 0 radical (unpaired) electrons. The van der Waals surface area contributed by atoms with E-state index in [9.17, 15) is 10.5 Å². The van der Waals surface area contributed by atoms with Crippen molar-refractivity contribution >= 4 is 97.0 Å². The summed E-state index contributed by atoms with van der Waals surface area (Å²) >= 11 is 0. The van der Waals surface area contributed by atoms with Gasteiger partial charge in [0.25, 0.3) is 0 Å². The van der Waals surface area contributed by atoms with Gasteiger partial charge in [0.1, 0.15) is 0 Å². The van der Waals surface area contributed by atoms with E-state index in [4.69, 9.17) is 0 Å². The van der Waals surface area contributed by atoms with Gasteiger partial charge in [-0.15, -0.1) is 0 Å². The Balaban J connectivity index is 1.46. The van der Waals surface area contributed by atoms with Crippen LogP contribution in [0.2, 0.25) is 0 Å². The minimum atomic E-state index is 0.766. The lowest BCUT2D eigenvalue weighted by atomic mass is 9.78. The number of hydrogen-bond acceptors (Lipinski definition) is 2. The molecule has 0 fully saturated rings. The molecule has 0 saturated carbocycles. The summed E-state index contributed by atoms with van der Waals surface area (Å²) in [6.45, 7) is 17.4. The summed E-state index contributed by atoms with van der Waals surface area (Å²) in [5.41, 5.74) is 15.1. The van der Waals surface area contributed by atoms with Crippen LogP contribution >= 0.6 is 0 Å². The van der Waals surface area contributed by atoms with E-state index in [0.29, 0.717) is 0 Å². The predicted molar refractivity (Wildman–Crippen MR) is 265 cm³/mol. The molecule has 0 unspecified atom stereocenters. The zero-order valence-electron chi connectivity index (χ0n) is 36.3. The molecule has 292 valence electrons. The summed E-state index contributed by atoms with van der Waals surface area (Å²) in [4.78, 5) is 0. The molecule has 0 N–H and O–H groups in total. The molecule has 0 aliphatic heterocycles. The van der Waals surface area contributed by atoms with Crippen molar-refractivity contribution in [3.63, 3.8) is 0 Å². The second-order valence-electron chi connectivity index (χ2n) is 17.9. The van der Waals surface area contributed by atoms with Crippen molar-refractivity contribution in [1.29, 1.82) is 10.5 Å². The van der Waals surface area contributed by atoms with Crippen LogP contribution in [0.1, 0.15) is 55.6 Å². The fourth-order valence-electron chi connectivity index (χ4n) is 11.9. The fraction of sp³-hybridized carbons (Fsp3) is 0.133. The topological polar surface area (TPSA) is 47.6 Å². The predicted octanol–water partition coefficient (Wildman–Crippen LogP) is 16.5. The normalized spacial score (nSPS) is 12.2. The second kappa shape index (κ2) is 12.5. The molecule has 0 spiro atoms. The molecule has 12 aromatic rings. The highest BCUT2D eigenvalue weighted by Crippen LogP contribution is 2.56. The molecular weight excluding hydrogens is 749 g/mol. The van der Waals surface area contributed by atoms with Gasteiger partial charge in [0.15, 0.2) is 0 Å². The van der Waals surface area contributed by atoms with Gasteiger partial charge >= 0.3 is 0 Å². The summed E-state index contributed by atoms with van der Waals surface area (Å²) in [7, 11) is 0. The van der Waals surface area contributed by atoms with Crippen LogP contribution in [-0.2, 0) is 0 Å². The molecule has 62 heavy (non-hydrogen) atoms. The van der Waals surface area contributed by atoms with Crippen molar-refractivity contribution in [2.24, 2.45) is 0 Å². The Morgan fingerprint density at radius 2 is 0.629 bits per heavy atom. The van der Waals surface area contributed by atoms with E-state index in [1.807, 2.05) is 0 Å². The van der Waals surface area contributed by atoms with E-state index in [1.165, 1.54) is 119 Å². The Bertz CT molecular complexity index is 4070. The molecular formula is C60H42N2. The summed E-state index contributed by atoms with van der Waals surface area (Å²) in [6, 6.07) is 46.3. The van der Waals surface area contributed by atoms with Gasteiger partial charge < -0.3 is 0 Å². The van der Waals surface area contributed by atoms with Crippen molar-refractivity contribution in [2.45, 2.75) is 55.4 Å². The smallest absolute Gasteiger partial charge is 0.0997 e. The first-order valence-electron chi connectivity index (χ1n) is 21.6. The first-order chi connectivity index (χ1) is 30.0. The monoisotopic (exact) mass is 790 g/mol. The lowest BCUT2D eigenvalue weighted by Gasteiger charge is -2.25. The number of nitriles is 2. The van der Waals surface area contributed by atoms with Crippen LogP contribution in [-0.4, -0.2) is 0 Å². The Kier molecular flexibility index (Phi) is 7.34. The fourth-order valence-corrected chi connectivity index (χ4v) is 11.9. The van der Waals surface area contributed by atoms with Gasteiger partial charge in [-0.3, -0.25) is 0 Å². The van der Waals surface area contributed by atoms with Crippen LogP contribution in [0.4, 0.5) is 0 Å². The van der Waals surface area contributed by atoms with Crippen molar-refractivity contribution in [2.75, 3.05) is 0 Å². The summed E-state index contributed by atoms with van der Waals surface area (Å²) < 4.78 is 0. The van der Waals surface area contributed by atoms with Crippen molar-refractivity contribution in [1.82, 2.24) is 0 Å². The van der Waals surface area contributed by atoms with E-state index >= 15 is 0 Å². The molecule has 0 aliphatic carbocycles. The Labute approximate surface area is 360 Å². The zero-order valence-corrected chi connectivity index (χ0v) is 36.3. The highest BCUT2D eigenvalue weighted by Gasteiger charge is 2.30. The van der Waals surface area contributed by atoms with Gasteiger partial charge in [-0.05, 0) is 243 Å². The Morgan fingerprint density at radius 1 is 0.274 bits per heavy atom. The molecule has 0 atom stereocenters. The molecule has 0 aromatic heterocycles. The van der Waals surface area contributed by atoms with Crippen LogP contribution < -0.4 is 0 Å². The van der Waals surface area contributed by atoms with Gasteiger partial charge in [-0.25, -0.2) is 0 Å². The molecule has 0 bridgehead atoms. The molecule has 0 heterocycles. The van der Waals surface area contributed by atoms with Crippen molar-refractivity contribution in [3.05, 3.63) is 165 Å². The van der Waals surface area contributed by atoms with Gasteiger partial charge in [0.05, 0.1) is 23.3 Å². The molecule has 2 heteroatoms.